The molecule has 0 unspecified atom stereocenters. The fourth-order valence-corrected chi connectivity index (χ4v) is 4.62. The van der Waals surface area contributed by atoms with Crippen molar-refractivity contribution in [2.45, 2.75) is 26.2 Å². The molecule has 0 heterocycles. The summed E-state index contributed by atoms with van der Waals surface area (Å²) in [7, 11) is 0.0905. The van der Waals surface area contributed by atoms with Crippen LogP contribution < -0.4 is 11.5 Å². The summed E-state index contributed by atoms with van der Waals surface area (Å²) in [6.07, 6.45) is -10.4. The van der Waals surface area contributed by atoms with Crippen molar-refractivity contribution >= 4 is 45.3 Å². The first kappa shape index (κ1) is 30.4. The highest BCUT2D eigenvalue weighted by molar-refractivity contribution is 8.79. The molecule has 0 saturated heterocycles. The molecule has 0 aromatic carbocycles. The van der Waals surface area contributed by atoms with Crippen molar-refractivity contribution in [3.05, 3.63) is 31.0 Å². The van der Waals surface area contributed by atoms with Gasteiger partial charge in [0.25, 0.3) is 0 Å². The lowest BCUT2D eigenvalue weighted by Gasteiger charge is -2.14. The number of thioether (sulfide) groups is 1. The lowest BCUT2D eigenvalue weighted by molar-refractivity contribution is -0.139. The third-order valence-corrected chi connectivity index (χ3v) is 6.41. The first-order valence-corrected chi connectivity index (χ1v) is 11.2. The second kappa shape index (κ2) is 13.2. The highest BCUT2D eigenvalue weighted by Gasteiger charge is 2.39. The number of ether oxygens (including phenoxy) is 2. The largest absolute Gasteiger partial charge is 0.462 e. The predicted octanol–water partition coefficient (Wildman–Crippen LogP) is 3.95. The molecule has 8 nitrogen and oxygen atoms in total. The normalized spacial score (nSPS) is 14.1. The van der Waals surface area contributed by atoms with E-state index in [1.165, 1.54) is 26.0 Å². The topological polar surface area (TPSA) is 152 Å². The van der Waals surface area contributed by atoms with Gasteiger partial charge >= 0.3 is 24.3 Å². The van der Waals surface area contributed by atoms with E-state index in [4.69, 9.17) is 11.5 Å². The van der Waals surface area contributed by atoms with E-state index in [0.29, 0.717) is 0 Å². The summed E-state index contributed by atoms with van der Waals surface area (Å²) in [6, 6.07) is 2.76. The monoisotopic (exact) mass is 536 g/mol. The SMILES string of the molecule is CCOC(=O)/C(SS/C(C#N)=C(/C#N)S/C(C(=O)OCC)=C(/N)C(F)(F)F)=C(\N)C(F)(F)F. The Balaban J connectivity index is 6.35. The van der Waals surface area contributed by atoms with E-state index in [1.807, 2.05) is 0 Å². The number of hydrogen-bond acceptors (Lipinski definition) is 11. The van der Waals surface area contributed by atoms with E-state index in [1.54, 1.807) is 0 Å². The maximum absolute atomic E-state index is 13.0. The molecule has 0 aliphatic heterocycles. The maximum Gasteiger partial charge on any atom is 0.432 e. The van der Waals surface area contributed by atoms with Crippen LogP contribution in [0.2, 0.25) is 0 Å². The van der Waals surface area contributed by atoms with E-state index in [9.17, 15) is 46.5 Å². The van der Waals surface area contributed by atoms with Gasteiger partial charge in [0.1, 0.15) is 43.2 Å². The minimum absolute atomic E-state index is 0.0131. The number of carbonyl (C=O) groups is 2. The van der Waals surface area contributed by atoms with Crippen LogP contribution >= 0.6 is 33.3 Å². The first-order valence-electron chi connectivity index (χ1n) is 8.20. The zero-order valence-corrected chi connectivity index (χ0v) is 19.0. The average molecular weight is 537 g/mol. The Morgan fingerprint density at radius 2 is 1.18 bits per heavy atom. The number of allylic oxidation sites excluding steroid dienone is 4. The second-order valence-corrected chi connectivity index (χ2v) is 8.24. The van der Waals surface area contributed by atoms with E-state index in [-0.39, 0.29) is 46.6 Å². The van der Waals surface area contributed by atoms with Crippen molar-refractivity contribution in [1.29, 1.82) is 10.5 Å². The van der Waals surface area contributed by atoms with Crippen LogP contribution in [0.5, 0.6) is 0 Å². The average Bonchev–Trinajstić information content (AvgIpc) is 2.71. The van der Waals surface area contributed by atoms with Crippen molar-refractivity contribution in [3.8, 4) is 12.1 Å². The van der Waals surface area contributed by atoms with Gasteiger partial charge in [0.2, 0.25) is 0 Å². The number of esters is 2. The Morgan fingerprint density at radius 1 is 0.788 bits per heavy atom. The molecule has 0 amide bonds. The van der Waals surface area contributed by atoms with Crippen LogP contribution in [-0.2, 0) is 19.1 Å². The van der Waals surface area contributed by atoms with E-state index < -0.39 is 55.3 Å². The molecule has 17 heteroatoms. The smallest absolute Gasteiger partial charge is 0.432 e. The predicted molar refractivity (Wildman–Crippen MR) is 109 cm³/mol. The van der Waals surface area contributed by atoms with Gasteiger partial charge in [-0.05, 0) is 35.4 Å². The summed E-state index contributed by atoms with van der Waals surface area (Å²) in [5.41, 5.74) is 6.13. The molecule has 0 bridgehead atoms. The third-order valence-electron chi connectivity index (χ3n) is 2.84. The number of rotatable bonds is 9. The van der Waals surface area contributed by atoms with Gasteiger partial charge in [0.15, 0.2) is 0 Å². The molecule has 0 fully saturated rings. The van der Waals surface area contributed by atoms with Crippen molar-refractivity contribution in [2.24, 2.45) is 11.5 Å². The Morgan fingerprint density at radius 3 is 1.55 bits per heavy atom. The minimum atomic E-state index is -5.20. The highest BCUT2D eigenvalue weighted by atomic mass is 33.1. The van der Waals surface area contributed by atoms with Gasteiger partial charge in [-0.2, -0.15) is 36.9 Å². The lowest BCUT2D eigenvalue weighted by atomic mass is 10.4. The number of hydrogen-bond donors (Lipinski definition) is 2. The van der Waals surface area contributed by atoms with Crippen molar-refractivity contribution in [2.75, 3.05) is 13.2 Å². The summed E-state index contributed by atoms with van der Waals surface area (Å²) < 4.78 is 86.8. The van der Waals surface area contributed by atoms with Crippen molar-refractivity contribution in [1.82, 2.24) is 0 Å². The summed E-state index contributed by atoms with van der Waals surface area (Å²) in [5.74, 6) is -3.03. The molecule has 0 aliphatic rings. The molecule has 0 aromatic rings. The Hall–Kier alpha value is -2.63. The third kappa shape index (κ3) is 9.40. The molecule has 0 aliphatic carbocycles. The summed E-state index contributed by atoms with van der Waals surface area (Å²) >= 11 is -0.174. The quantitative estimate of drug-likeness (QED) is 0.145. The molecule has 0 spiro atoms. The van der Waals surface area contributed by atoms with E-state index in [0.717, 1.165) is 0 Å². The van der Waals surface area contributed by atoms with Gasteiger partial charge in [-0.1, -0.05) is 11.8 Å². The zero-order valence-electron chi connectivity index (χ0n) is 16.6. The van der Waals surface area contributed by atoms with Crippen molar-refractivity contribution < 1.29 is 45.4 Å². The van der Waals surface area contributed by atoms with Gasteiger partial charge in [-0.15, -0.1) is 0 Å². The summed E-state index contributed by atoms with van der Waals surface area (Å²) in [4.78, 5) is 19.7. The number of halogens is 6. The van der Waals surface area contributed by atoms with Crippen LogP contribution in [0, 0.1) is 22.7 Å². The molecule has 0 radical (unpaired) electrons. The van der Waals surface area contributed by atoms with Gasteiger partial charge in [0.05, 0.1) is 13.2 Å². The zero-order chi connectivity index (χ0) is 26.0. The second-order valence-electron chi connectivity index (χ2n) is 5.07. The lowest BCUT2D eigenvalue weighted by Crippen LogP contribution is -2.24. The first-order chi connectivity index (χ1) is 15.1. The van der Waals surface area contributed by atoms with Crippen LogP contribution in [0.4, 0.5) is 26.3 Å². The summed E-state index contributed by atoms with van der Waals surface area (Å²) in [6.45, 7) is 1.92. The van der Waals surface area contributed by atoms with Gasteiger partial charge in [0, 0.05) is 0 Å². The van der Waals surface area contributed by atoms with E-state index >= 15 is 0 Å². The Kier molecular flexibility index (Phi) is 12.1. The molecule has 0 aromatic heterocycles. The fourth-order valence-electron chi connectivity index (χ4n) is 1.46. The van der Waals surface area contributed by atoms with Gasteiger partial charge < -0.3 is 20.9 Å². The molecule has 0 saturated carbocycles. The maximum atomic E-state index is 13.0. The number of nitriles is 2. The standard InChI is InChI=1S/C16H14F6N4O4S3/c1-3-29-13(27)9(11(25)15(17,18)19)31-7(5-23)8(6-24)32-33-10(14(28)30-4-2)12(26)16(20,21)22/h3-4,25-26H2,1-2H3/b8-7-,11-9+,12-10+. The molecular weight excluding hydrogens is 522 g/mol. The van der Waals surface area contributed by atoms with Crippen LogP contribution in [0.25, 0.3) is 0 Å². The Bertz CT molecular complexity index is 946. The van der Waals surface area contributed by atoms with Gasteiger partial charge in [-0.25, -0.2) is 9.59 Å². The molecule has 0 rings (SSSR count). The van der Waals surface area contributed by atoms with Crippen LogP contribution in [-0.4, -0.2) is 37.5 Å². The van der Waals surface area contributed by atoms with Gasteiger partial charge in [-0.3, -0.25) is 0 Å². The Labute approximate surface area is 195 Å². The van der Waals surface area contributed by atoms with Crippen LogP contribution in [0.3, 0.4) is 0 Å². The number of nitrogens with two attached hydrogens (primary N) is 2. The molecule has 182 valence electrons. The molecule has 33 heavy (non-hydrogen) atoms. The minimum Gasteiger partial charge on any atom is -0.462 e. The summed E-state index contributed by atoms with van der Waals surface area (Å²) in [5, 5.41) is 18.5. The number of nitrogens with zero attached hydrogens (tertiary/aromatic N) is 2. The number of carbonyl (C=O) groups excluding carboxylic acids is 2. The van der Waals surface area contributed by atoms with E-state index in [2.05, 4.69) is 9.47 Å². The molecule has 0 atom stereocenters. The highest BCUT2D eigenvalue weighted by Crippen LogP contribution is 2.44. The molecular formula is C16H14F6N4O4S3. The molecule has 4 N–H and O–H groups in total. The van der Waals surface area contributed by atoms with Crippen molar-refractivity contribution in [3.63, 3.8) is 0 Å². The van der Waals surface area contributed by atoms with Crippen LogP contribution in [0.15, 0.2) is 31.0 Å². The fraction of sp³-hybridized carbons (Fsp3) is 0.375. The van der Waals surface area contributed by atoms with Crippen LogP contribution in [0.1, 0.15) is 13.8 Å². The number of alkyl halides is 6.